The number of carbonyl (C=O) groups is 3. The van der Waals surface area contributed by atoms with Gasteiger partial charge in [-0.3, -0.25) is 4.79 Å². The first-order valence-electron chi connectivity index (χ1n) is 7.07. The van der Waals surface area contributed by atoms with Crippen molar-refractivity contribution >= 4 is 18.0 Å². The maximum atomic E-state index is 11.9. The van der Waals surface area contributed by atoms with Crippen LogP contribution in [0.15, 0.2) is 0 Å². The number of hydrogen-bond acceptors (Lipinski definition) is 7. The summed E-state index contributed by atoms with van der Waals surface area (Å²) in [5.74, 6) is 1.78. The van der Waals surface area contributed by atoms with Crippen molar-refractivity contribution in [1.29, 1.82) is 0 Å². The Morgan fingerprint density at radius 3 is 2.24 bits per heavy atom. The zero-order chi connectivity index (χ0) is 19.7. The number of amides is 1. The van der Waals surface area contributed by atoms with Gasteiger partial charge in [-0.2, -0.15) is 0 Å². The Kier molecular flexibility index (Phi) is 8.18. The van der Waals surface area contributed by atoms with E-state index in [1.807, 2.05) is 0 Å². The standard InChI is InChI=1S/C14H20N2O9/c1-13(2,3)25-12(21)15-14(11(19)20,8-6-10(17)18)7-4-5-9-24-16(22)23/h6-9H2,1-3H3,(H,15,21)(H,17,18)(H,19,20)/t14-/m1/s1. The number of carboxylic acid groups (broad SMARTS) is 2. The Hall–Kier alpha value is -3.03. The maximum absolute atomic E-state index is 11.9. The van der Waals surface area contributed by atoms with Gasteiger partial charge in [0.1, 0.15) is 5.60 Å². The Bertz CT molecular complexity index is 585. The molecule has 0 aliphatic rings. The van der Waals surface area contributed by atoms with E-state index in [1.165, 1.54) is 0 Å². The number of alkyl carbamates (subject to hydrolysis) is 1. The van der Waals surface area contributed by atoms with Crippen LogP contribution in [0.1, 0.15) is 40.0 Å². The number of carbonyl (C=O) groups excluding carboxylic acids is 1. The number of carboxylic acids is 2. The van der Waals surface area contributed by atoms with Gasteiger partial charge >= 0.3 is 18.0 Å². The van der Waals surface area contributed by atoms with Gasteiger partial charge in [-0.1, -0.05) is 11.8 Å². The normalized spacial score (nSPS) is 12.8. The predicted octanol–water partition coefficient (Wildman–Crippen LogP) is 0.801. The van der Waals surface area contributed by atoms with Gasteiger partial charge in [0.05, 0.1) is 0 Å². The molecule has 11 heteroatoms. The molecule has 0 aromatic rings. The molecule has 0 radical (unpaired) electrons. The molecule has 0 unspecified atom stereocenters. The van der Waals surface area contributed by atoms with E-state index in [4.69, 9.17) is 9.84 Å². The molecule has 0 spiro atoms. The van der Waals surface area contributed by atoms with Crippen LogP contribution in [-0.4, -0.2) is 51.1 Å². The van der Waals surface area contributed by atoms with E-state index < -0.39 is 60.1 Å². The number of aliphatic carboxylic acids is 2. The van der Waals surface area contributed by atoms with Crippen molar-refractivity contribution in [2.24, 2.45) is 0 Å². The smallest absolute Gasteiger partial charge is 0.408 e. The molecule has 1 atom stereocenters. The number of nitrogens with one attached hydrogen (secondary N) is 1. The second-order valence-corrected chi connectivity index (χ2v) is 5.94. The van der Waals surface area contributed by atoms with Crippen LogP contribution in [0.25, 0.3) is 0 Å². The van der Waals surface area contributed by atoms with Crippen LogP contribution in [-0.2, 0) is 19.2 Å². The molecule has 0 aliphatic heterocycles. The lowest BCUT2D eigenvalue weighted by Crippen LogP contribution is -2.55. The fourth-order valence-electron chi connectivity index (χ4n) is 1.60. The van der Waals surface area contributed by atoms with E-state index in [0.717, 1.165) is 0 Å². The number of hydrogen-bond donors (Lipinski definition) is 3. The summed E-state index contributed by atoms with van der Waals surface area (Å²) in [5, 5.41) is 29.3. The maximum Gasteiger partial charge on any atom is 0.408 e. The minimum atomic E-state index is -2.03. The molecular formula is C14H20N2O9. The molecular weight excluding hydrogens is 340 g/mol. The van der Waals surface area contributed by atoms with Gasteiger partial charge in [0, 0.05) is 12.8 Å². The van der Waals surface area contributed by atoms with E-state index >= 15 is 0 Å². The number of nitrogens with zero attached hydrogens (tertiary/aromatic N) is 1. The van der Waals surface area contributed by atoms with Gasteiger partial charge < -0.3 is 25.1 Å². The Labute approximate surface area is 143 Å². The van der Waals surface area contributed by atoms with Crippen LogP contribution in [0.4, 0.5) is 4.79 Å². The predicted molar refractivity (Wildman–Crippen MR) is 81.9 cm³/mol. The highest BCUT2D eigenvalue weighted by molar-refractivity contribution is 5.85. The van der Waals surface area contributed by atoms with Crippen molar-refractivity contribution in [3.8, 4) is 11.8 Å². The lowest BCUT2D eigenvalue weighted by molar-refractivity contribution is -0.754. The molecule has 11 nitrogen and oxygen atoms in total. The first-order valence-corrected chi connectivity index (χ1v) is 7.07. The van der Waals surface area contributed by atoms with E-state index in [-0.39, 0.29) is 0 Å². The molecule has 0 aromatic carbocycles. The first-order chi connectivity index (χ1) is 11.4. The topological polar surface area (TPSA) is 165 Å². The molecule has 25 heavy (non-hydrogen) atoms. The lowest BCUT2D eigenvalue weighted by Gasteiger charge is -2.30. The summed E-state index contributed by atoms with van der Waals surface area (Å²) in [6, 6.07) is 0. The molecule has 3 N–H and O–H groups in total. The SMILES string of the molecule is CC(C)(C)OC(=O)N[C@](CC#CCO[N+](=O)[O-])(CCC(=O)O)C(=O)O. The van der Waals surface area contributed by atoms with Crippen LogP contribution in [0.2, 0.25) is 0 Å². The Morgan fingerprint density at radius 2 is 1.80 bits per heavy atom. The Balaban J connectivity index is 5.29. The van der Waals surface area contributed by atoms with Gasteiger partial charge in [0.25, 0.3) is 5.09 Å². The quantitative estimate of drug-likeness (QED) is 0.322. The molecule has 0 aromatic heterocycles. The van der Waals surface area contributed by atoms with Gasteiger partial charge in [-0.05, 0) is 27.2 Å². The summed E-state index contributed by atoms with van der Waals surface area (Å²) in [5.41, 5.74) is -2.92. The third-order valence-corrected chi connectivity index (χ3v) is 2.67. The molecule has 0 rings (SSSR count). The van der Waals surface area contributed by atoms with E-state index in [1.54, 1.807) is 20.8 Å². The molecule has 1 amide bonds. The molecule has 0 fully saturated rings. The van der Waals surface area contributed by atoms with Crippen molar-refractivity contribution in [3.05, 3.63) is 10.1 Å². The largest absolute Gasteiger partial charge is 0.481 e. The highest BCUT2D eigenvalue weighted by Gasteiger charge is 2.41. The highest BCUT2D eigenvalue weighted by atomic mass is 16.9. The summed E-state index contributed by atoms with van der Waals surface area (Å²) >= 11 is 0. The summed E-state index contributed by atoms with van der Waals surface area (Å²) in [6.07, 6.45) is -2.55. The summed E-state index contributed by atoms with van der Waals surface area (Å²) in [6.45, 7) is 4.12. The summed E-state index contributed by atoms with van der Waals surface area (Å²) in [4.78, 5) is 48.3. The van der Waals surface area contributed by atoms with Crippen LogP contribution in [0, 0.1) is 22.0 Å². The van der Waals surface area contributed by atoms with Crippen LogP contribution in [0.3, 0.4) is 0 Å². The first kappa shape index (κ1) is 22.0. The van der Waals surface area contributed by atoms with Crippen molar-refractivity contribution in [2.75, 3.05) is 6.61 Å². The molecule has 0 heterocycles. The fourth-order valence-corrected chi connectivity index (χ4v) is 1.60. The minimum absolute atomic E-state index is 0.457. The van der Waals surface area contributed by atoms with Gasteiger partial charge in [0.2, 0.25) is 0 Å². The minimum Gasteiger partial charge on any atom is -0.481 e. The van der Waals surface area contributed by atoms with Gasteiger partial charge in [0.15, 0.2) is 12.1 Å². The van der Waals surface area contributed by atoms with E-state index in [9.17, 15) is 29.6 Å². The summed E-state index contributed by atoms with van der Waals surface area (Å²) in [7, 11) is 0. The molecule has 0 bridgehead atoms. The third-order valence-electron chi connectivity index (χ3n) is 2.67. The monoisotopic (exact) mass is 360 g/mol. The zero-order valence-electron chi connectivity index (χ0n) is 14.0. The second-order valence-electron chi connectivity index (χ2n) is 5.94. The van der Waals surface area contributed by atoms with Crippen molar-refractivity contribution in [2.45, 2.75) is 51.2 Å². The van der Waals surface area contributed by atoms with Crippen molar-refractivity contribution in [3.63, 3.8) is 0 Å². The van der Waals surface area contributed by atoms with Crippen molar-refractivity contribution < 1.29 is 39.3 Å². The van der Waals surface area contributed by atoms with Crippen molar-refractivity contribution in [1.82, 2.24) is 5.32 Å². The molecule has 140 valence electrons. The third kappa shape index (κ3) is 9.65. The number of rotatable bonds is 8. The molecule has 0 saturated heterocycles. The lowest BCUT2D eigenvalue weighted by atomic mass is 9.90. The summed E-state index contributed by atoms with van der Waals surface area (Å²) < 4.78 is 4.99. The van der Waals surface area contributed by atoms with Crippen LogP contribution in [0.5, 0.6) is 0 Å². The highest BCUT2D eigenvalue weighted by Crippen LogP contribution is 2.20. The van der Waals surface area contributed by atoms with E-state index in [2.05, 4.69) is 22.0 Å². The number of ether oxygens (including phenoxy) is 1. The second kappa shape index (κ2) is 9.31. The molecule has 0 aliphatic carbocycles. The average molecular weight is 360 g/mol. The Morgan fingerprint density at radius 1 is 1.20 bits per heavy atom. The van der Waals surface area contributed by atoms with Crippen LogP contribution < -0.4 is 5.32 Å². The molecule has 0 saturated carbocycles. The zero-order valence-corrected chi connectivity index (χ0v) is 14.0. The van der Waals surface area contributed by atoms with Crippen LogP contribution >= 0.6 is 0 Å². The van der Waals surface area contributed by atoms with Gasteiger partial charge in [-0.25, -0.2) is 9.59 Å². The fraction of sp³-hybridized carbons (Fsp3) is 0.643. The van der Waals surface area contributed by atoms with Gasteiger partial charge in [-0.15, -0.1) is 10.1 Å². The average Bonchev–Trinajstić information content (AvgIpc) is 2.41. The van der Waals surface area contributed by atoms with E-state index in [0.29, 0.717) is 0 Å².